The van der Waals surface area contributed by atoms with E-state index in [4.69, 9.17) is 5.26 Å². The summed E-state index contributed by atoms with van der Waals surface area (Å²) in [4.78, 5) is 0.984. The van der Waals surface area contributed by atoms with E-state index in [0.29, 0.717) is 0 Å². The first-order valence-corrected chi connectivity index (χ1v) is 4.88. The lowest BCUT2D eigenvalue weighted by Gasteiger charge is -2.25. The molecule has 92 valence electrons. The molecule has 6 heteroatoms. The maximum absolute atomic E-state index is 12.8. The topological polar surface area (TPSA) is 27.0 Å². The van der Waals surface area contributed by atoms with E-state index in [1.807, 2.05) is 0 Å². The molecule has 0 amide bonds. The van der Waals surface area contributed by atoms with Crippen LogP contribution in [0.25, 0.3) is 0 Å². The summed E-state index contributed by atoms with van der Waals surface area (Å²) < 4.78 is 49.7. The van der Waals surface area contributed by atoms with Gasteiger partial charge in [-0.15, -0.1) is 0 Å². The number of hydrogen-bond acceptors (Lipinski definition) is 2. The lowest BCUT2D eigenvalue weighted by Crippen LogP contribution is -2.34. The van der Waals surface area contributed by atoms with E-state index in [1.165, 1.54) is 13.0 Å². The number of rotatable bonds is 3. The molecular formula is C11H10F4N2. The molecule has 0 bridgehead atoms. The molecule has 2 nitrogen and oxygen atoms in total. The Hall–Kier alpha value is -1.77. The zero-order valence-electron chi connectivity index (χ0n) is 9.05. The molecule has 0 saturated carbocycles. The van der Waals surface area contributed by atoms with Crippen LogP contribution in [0.3, 0.4) is 0 Å². The van der Waals surface area contributed by atoms with Gasteiger partial charge in [-0.2, -0.15) is 18.4 Å². The van der Waals surface area contributed by atoms with Crippen LogP contribution < -0.4 is 4.90 Å². The van der Waals surface area contributed by atoms with Gasteiger partial charge >= 0.3 is 6.18 Å². The van der Waals surface area contributed by atoms with Crippen LogP contribution in [0.5, 0.6) is 0 Å². The van der Waals surface area contributed by atoms with Crippen molar-refractivity contribution < 1.29 is 17.6 Å². The van der Waals surface area contributed by atoms with Gasteiger partial charge in [-0.3, -0.25) is 0 Å². The first-order chi connectivity index (χ1) is 7.87. The fourth-order valence-electron chi connectivity index (χ4n) is 1.46. The van der Waals surface area contributed by atoms with Crippen molar-refractivity contribution in [3.63, 3.8) is 0 Å². The van der Waals surface area contributed by atoms with E-state index in [1.54, 1.807) is 6.07 Å². The number of nitriles is 1. The predicted octanol–water partition coefficient (Wildman–Crippen LogP) is 3.09. The Morgan fingerprint density at radius 3 is 2.47 bits per heavy atom. The van der Waals surface area contributed by atoms with Crippen LogP contribution in [-0.4, -0.2) is 19.3 Å². The van der Waals surface area contributed by atoms with Crippen molar-refractivity contribution >= 4 is 5.69 Å². The van der Waals surface area contributed by atoms with E-state index in [0.717, 1.165) is 17.0 Å². The summed E-state index contributed by atoms with van der Waals surface area (Å²) in [5.74, 6) is -0.645. The van der Waals surface area contributed by atoms with Gasteiger partial charge in [-0.1, -0.05) is 0 Å². The Morgan fingerprint density at radius 2 is 2.00 bits per heavy atom. The Labute approximate surface area is 96.1 Å². The van der Waals surface area contributed by atoms with Crippen LogP contribution in [0.15, 0.2) is 18.2 Å². The van der Waals surface area contributed by atoms with Crippen LogP contribution in [0, 0.1) is 17.1 Å². The maximum atomic E-state index is 12.8. The average molecular weight is 246 g/mol. The summed E-state index contributed by atoms with van der Waals surface area (Å²) in [5, 5.41) is 8.76. The highest BCUT2D eigenvalue weighted by Crippen LogP contribution is 2.25. The molecule has 0 saturated heterocycles. The summed E-state index contributed by atoms with van der Waals surface area (Å²) in [5.41, 5.74) is -0.00942. The van der Waals surface area contributed by atoms with Crippen molar-refractivity contribution in [2.24, 2.45) is 0 Å². The van der Waals surface area contributed by atoms with E-state index in [2.05, 4.69) is 0 Å². The van der Waals surface area contributed by atoms with Crippen molar-refractivity contribution in [3.8, 4) is 6.07 Å². The first-order valence-electron chi connectivity index (χ1n) is 4.88. The fraction of sp³-hybridized carbons (Fsp3) is 0.364. The summed E-state index contributed by atoms with van der Waals surface area (Å²) in [6, 6.07) is 4.83. The van der Waals surface area contributed by atoms with Gasteiger partial charge in [0, 0.05) is 6.54 Å². The second-order valence-corrected chi connectivity index (χ2v) is 3.40. The molecule has 0 aliphatic carbocycles. The Bertz CT molecular complexity index is 434. The molecule has 0 aliphatic rings. The minimum Gasteiger partial charge on any atom is -0.362 e. The van der Waals surface area contributed by atoms with Crippen LogP contribution >= 0.6 is 0 Å². The van der Waals surface area contributed by atoms with Gasteiger partial charge in [0.2, 0.25) is 0 Å². The third-order valence-corrected chi connectivity index (χ3v) is 2.17. The molecule has 0 fully saturated rings. The molecule has 0 N–H and O–H groups in total. The molecule has 17 heavy (non-hydrogen) atoms. The van der Waals surface area contributed by atoms with Crippen LogP contribution in [-0.2, 0) is 0 Å². The minimum atomic E-state index is -4.36. The molecule has 0 unspecified atom stereocenters. The Morgan fingerprint density at radius 1 is 1.35 bits per heavy atom. The van der Waals surface area contributed by atoms with Gasteiger partial charge in [0.1, 0.15) is 18.4 Å². The summed E-state index contributed by atoms with van der Waals surface area (Å²) in [7, 11) is 0. The number of nitrogens with zero attached hydrogens (tertiary/aromatic N) is 2. The molecule has 1 aromatic rings. The molecule has 0 radical (unpaired) electrons. The number of anilines is 1. The van der Waals surface area contributed by atoms with E-state index in [9.17, 15) is 17.6 Å². The van der Waals surface area contributed by atoms with Crippen molar-refractivity contribution in [1.29, 1.82) is 5.26 Å². The molecule has 0 atom stereocenters. The zero-order chi connectivity index (χ0) is 13.1. The quantitative estimate of drug-likeness (QED) is 0.766. The lowest BCUT2D eigenvalue weighted by molar-refractivity contribution is -0.119. The molecule has 0 aliphatic heterocycles. The van der Waals surface area contributed by atoms with Gasteiger partial charge in [0.15, 0.2) is 0 Å². The fourth-order valence-corrected chi connectivity index (χ4v) is 1.46. The first kappa shape index (κ1) is 13.3. The second kappa shape index (κ2) is 5.04. The SMILES string of the molecule is CCN(CC(F)(F)F)c1ccc(F)cc1C#N. The predicted molar refractivity (Wildman–Crippen MR) is 55.1 cm³/mol. The number of benzene rings is 1. The molecule has 0 heterocycles. The number of halogens is 4. The van der Waals surface area contributed by atoms with Gasteiger partial charge in [0.05, 0.1) is 11.3 Å². The normalized spacial score (nSPS) is 11.1. The minimum absolute atomic E-state index is 0.0832. The highest BCUT2D eigenvalue weighted by molar-refractivity contribution is 5.59. The van der Waals surface area contributed by atoms with E-state index in [-0.39, 0.29) is 17.8 Å². The van der Waals surface area contributed by atoms with Crippen LogP contribution in [0.2, 0.25) is 0 Å². The summed E-state index contributed by atoms with van der Waals surface area (Å²) >= 11 is 0. The van der Waals surface area contributed by atoms with Crippen molar-refractivity contribution in [2.45, 2.75) is 13.1 Å². The molecule has 1 rings (SSSR count). The Balaban J connectivity index is 3.08. The van der Waals surface area contributed by atoms with Crippen molar-refractivity contribution in [3.05, 3.63) is 29.6 Å². The largest absolute Gasteiger partial charge is 0.405 e. The second-order valence-electron chi connectivity index (χ2n) is 3.40. The highest BCUT2D eigenvalue weighted by Gasteiger charge is 2.31. The lowest BCUT2D eigenvalue weighted by atomic mass is 10.1. The summed E-state index contributed by atoms with van der Waals surface area (Å²) in [6.07, 6.45) is -4.36. The average Bonchev–Trinajstić information content (AvgIpc) is 2.24. The van der Waals surface area contributed by atoms with Crippen molar-refractivity contribution in [1.82, 2.24) is 0 Å². The Kier molecular flexibility index (Phi) is 3.94. The summed E-state index contributed by atoms with van der Waals surface area (Å²) in [6.45, 7) is 0.458. The molecule has 0 spiro atoms. The number of hydrogen-bond donors (Lipinski definition) is 0. The smallest absolute Gasteiger partial charge is 0.362 e. The monoisotopic (exact) mass is 246 g/mol. The zero-order valence-corrected chi connectivity index (χ0v) is 9.05. The molecule has 0 aromatic heterocycles. The third-order valence-electron chi connectivity index (χ3n) is 2.17. The van der Waals surface area contributed by atoms with Gasteiger partial charge in [-0.05, 0) is 25.1 Å². The molecule has 1 aromatic carbocycles. The van der Waals surface area contributed by atoms with Gasteiger partial charge in [-0.25, -0.2) is 4.39 Å². The number of alkyl halides is 3. The third kappa shape index (κ3) is 3.63. The van der Waals surface area contributed by atoms with Gasteiger partial charge < -0.3 is 4.90 Å². The van der Waals surface area contributed by atoms with Crippen molar-refractivity contribution in [2.75, 3.05) is 18.0 Å². The standard InChI is InChI=1S/C11H10F4N2/c1-2-17(7-11(13,14)15)10-4-3-9(12)5-8(10)6-16/h3-5H,2,7H2,1H3. The van der Waals surface area contributed by atoms with E-state index < -0.39 is 18.5 Å². The van der Waals surface area contributed by atoms with Gasteiger partial charge in [0.25, 0.3) is 0 Å². The highest BCUT2D eigenvalue weighted by atomic mass is 19.4. The van der Waals surface area contributed by atoms with Crippen LogP contribution in [0.4, 0.5) is 23.2 Å². The van der Waals surface area contributed by atoms with Crippen LogP contribution in [0.1, 0.15) is 12.5 Å². The van der Waals surface area contributed by atoms with E-state index >= 15 is 0 Å². The molecular weight excluding hydrogens is 236 g/mol. The maximum Gasteiger partial charge on any atom is 0.405 e.